The number of fused-ring (bicyclic) bond motifs is 8. The third-order valence-electron chi connectivity index (χ3n) is 17.9. The molecule has 122 heavy (non-hydrogen) atoms. The van der Waals surface area contributed by atoms with E-state index >= 15 is 0 Å². The van der Waals surface area contributed by atoms with E-state index in [2.05, 4.69) is 268 Å². The molecule has 2 N–H and O–H groups in total. The van der Waals surface area contributed by atoms with Crippen molar-refractivity contribution in [3.8, 4) is 226 Å². The number of halogens is 1. The van der Waals surface area contributed by atoms with E-state index in [0.29, 0.717) is 41.6 Å². The molecule has 12 nitrogen and oxygen atoms in total. The van der Waals surface area contributed by atoms with Crippen molar-refractivity contribution in [1.82, 2.24) is 4.90 Å². The second-order valence-corrected chi connectivity index (χ2v) is 27.8. The molecule has 0 spiro atoms. The fourth-order valence-corrected chi connectivity index (χ4v) is 14.6. The normalized spacial score (nSPS) is 15.2. The molecule has 0 saturated carbocycles. The minimum atomic E-state index is -0.603. The van der Waals surface area contributed by atoms with E-state index < -0.39 is 12.1 Å². The van der Waals surface area contributed by atoms with Crippen LogP contribution in [0.15, 0.2) is 181 Å². The Labute approximate surface area is 732 Å². The van der Waals surface area contributed by atoms with Gasteiger partial charge in [-0.1, -0.05) is 153 Å². The van der Waals surface area contributed by atoms with Crippen molar-refractivity contribution in [1.29, 1.82) is 0 Å². The highest BCUT2D eigenvalue weighted by atomic mass is 35.5. The Bertz CT molecular complexity index is 6270. The van der Waals surface area contributed by atoms with Gasteiger partial charge in [-0.25, -0.2) is 9.59 Å². The minimum Gasteiger partial charge on any atom is -0.466 e. The van der Waals surface area contributed by atoms with E-state index in [4.69, 9.17) is 33.9 Å². The number of carbonyl (C=O) groups excluding carboxylic acids is 5. The largest absolute Gasteiger partial charge is 0.466 e. The van der Waals surface area contributed by atoms with E-state index in [1.807, 2.05) is 133 Å². The van der Waals surface area contributed by atoms with Gasteiger partial charge in [-0.3, -0.25) is 19.3 Å². The molecular weight excluding hydrogens is 1570 g/mol. The molecule has 0 amide bonds. The number of nitrogens with one attached hydrogen (secondary N) is 2. The number of anilines is 2. The van der Waals surface area contributed by atoms with Gasteiger partial charge in [0.25, 0.3) is 0 Å². The number of alkyl halides is 1. The molecule has 6 aliphatic heterocycles. The molecule has 596 valence electrons. The molecule has 2 unspecified atom stereocenters. The van der Waals surface area contributed by atoms with E-state index in [1.54, 1.807) is 55.6 Å². The molecule has 4 atom stereocenters. The number of nitrogens with zero attached hydrogens (tertiary/aromatic N) is 2. The van der Waals surface area contributed by atoms with Crippen molar-refractivity contribution in [3.05, 3.63) is 203 Å². The first-order valence-electron chi connectivity index (χ1n) is 38.0. The van der Waals surface area contributed by atoms with Crippen molar-refractivity contribution >= 4 is 95.3 Å². The van der Waals surface area contributed by atoms with Crippen molar-refractivity contribution < 1.29 is 42.7 Å². The average Bonchev–Trinajstić information content (AvgIpc) is 0.890. The second kappa shape index (κ2) is 56.7. The Morgan fingerprint density at radius 1 is 0.451 bits per heavy atom. The Morgan fingerprint density at radius 3 is 1.11 bits per heavy atom. The van der Waals surface area contributed by atoms with Gasteiger partial charge in [-0.2, -0.15) is 0 Å². The summed E-state index contributed by atoms with van der Waals surface area (Å²) in [7, 11) is 0. The van der Waals surface area contributed by atoms with Gasteiger partial charge >= 0.3 is 17.9 Å². The number of para-hydroxylation sites is 2. The number of ether oxygens (including phenoxy) is 3. The maximum Gasteiger partial charge on any atom is 0.333 e. The first kappa shape index (κ1) is 95.3. The summed E-state index contributed by atoms with van der Waals surface area (Å²) in [5.41, 5.74) is 5.18. The summed E-state index contributed by atoms with van der Waals surface area (Å²) in [5, 5.41) is 13.2. The number of quaternary nitrogens is 1. The van der Waals surface area contributed by atoms with Gasteiger partial charge in [-0.15, -0.1) is 47.1 Å². The standard InChI is InChI=1S/C31H31N2O3S.C23H24N2O2S.C21H4.C19H4.C8H7ClO.C4H8O2.CH4/c34-27(22-9-3-1-4-10-22)19-33-17-15-23(16-18-33)28(20-33)36-31(35)30(32-24-11-5-2-6-12-24)26-21-37-29-14-8-7-13-25(26)29;26-23(27-20-14-25-12-10-16(20)11-13-25)22(24-17-6-2-1-3-7-17)19-15-28-21-9-5-4-8-18(19)21;1-3-5-7-9-11-13-15-17-19-21-20-18-16-14-12-10-8-6-4-2;1-3-5-7-9-11-13-15-17-19-18-16-14-12-10-8-6-4-2;9-6-8(10)7-4-2-1-3-5-7;1-3-6-4(2)5;/h1-14,21,23,28,30,32H,15-20H2;1-9,15-16,20,22,24H,10-14H2;1H,2H3;1H,2H3;1-5H,6H2;3H2,1-2H3;1H4/q+1;;;;;;/t23?,28-,30?,33?;20-,22?;;;;;/m00...../s1. The number of Topliss-reactive ketones (excluding diaryl/α,β-unsaturated/α-hetero) is 2. The van der Waals surface area contributed by atoms with Gasteiger partial charge in [0.1, 0.15) is 19.2 Å². The van der Waals surface area contributed by atoms with E-state index in [9.17, 15) is 24.0 Å². The van der Waals surface area contributed by atoms with Crippen LogP contribution in [0, 0.1) is 238 Å². The molecule has 0 aliphatic carbocycles. The van der Waals surface area contributed by atoms with Gasteiger partial charge in [0.2, 0.25) is 5.78 Å². The topological polar surface area (TPSA) is 140 Å². The van der Waals surface area contributed by atoms with Crippen LogP contribution < -0.4 is 10.6 Å². The maximum atomic E-state index is 13.8. The molecule has 14 rings (SSSR count). The van der Waals surface area contributed by atoms with Crippen molar-refractivity contribution in [2.75, 3.05) is 68.9 Å². The fraction of sp³-hybridized carbons (Fsp3) is 0.224. The molecule has 8 aromatic rings. The van der Waals surface area contributed by atoms with Gasteiger partial charge in [0.15, 0.2) is 24.0 Å². The molecule has 6 saturated heterocycles. The second-order valence-electron chi connectivity index (χ2n) is 25.7. The van der Waals surface area contributed by atoms with Crippen LogP contribution in [0.4, 0.5) is 11.4 Å². The highest BCUT2D eigenvalue weighted by molar-refractivity contribution is 7.17. The van der Waals surface area contributed by atoms with E-state index in [-0.39, 0.29) is 55.0 Å². The third-order valence-corrected chi connectivity index (χ3v) is 20.1. The molecular formula is C107H82ClN4O8S2+. The zero-order valence-corrected chi connectivity index (χ0v) is 69.4. The first-order chi connectivity index (χ1) is 59.3. The number of terminal acetylenes is 2. The van der Waals surface area contributed by atoms with Crippen LogP contribution in [0.25, 0.3) is 20.2 Å². The molecule has 6 fully saturated rings. The number of hydrogen-bond acceptors (Lipinski definition) is 13. The fourth-order valence-electron chi connectivity index (χ4n) is 12.4. The quantitative estimate of drug-likeness (QED) is 0.0239. The number of benzene rings is 6. The monoisotopic (exact) mass is 1650 g/mol. The van der Waals surface area contributed by atoms with Crippen molar-refractivity contribution in [2.24, 2.45) is 11.8 Å². The predicted molar refractivity (Wildman–Crippen MR) is 493 cm³/mol. The van der Waals surface area contributed by atoms with Gasteiger partial charge in [0, 0.05) is 87.1 Å². The summed E-state index contributed by atoms with van der Waals surface area (Å²) in [6, 6.07) is 53.6. The Balaban J connectivity index is 0.000000243. The van der Waals surface area contributed by atoms with Crippen LogP contribution >= 0.6 is 34.3 Å². The molecule has 15 heteroatoms. The van der Waals surface area contributed by atoms with Crippen molar-refractivity contribution in [2.45, 2.75) is 85.1 Å². The highest BCUT2D eigenvalue weighted by Gasteiger charge is 2.49. The van der Waals surface area contributed by atoms with Crippen LogP contribution in [0.2, 0.25) is 0 Å². The van der Waals surface area contributed by atoms with Crippen molar-refractivity contribution in [3.63, 3.8) is 0 Å². The lowest BCUT2D eigenvalue weighted by atomic mass is 9.82. The molecule has 8 heterocycles. The van der Waals surface area contributed by atoms with Gasteiger partial charge in [0.05, 0.1) is 25.6 Å². The average molecular weight is 1650 g/mol. The zero-order valence-electron chi connectivity index (χ0n) is 67.0. The zero-order chi connectivity index (χ0) is 86.0. The van der Waals surface area contributed by atoms with Crippen LogP contribution in [0.5, 0.6) is 0 Å². The Hall–Kier alpha value is -15.6. The minimum absolute atomic E-state index is 0. The summed E-state index contributed by atoms with van der Waals surface area (Å²) in [5.74, 6) is 89.2. The number of ketones is 2. The lowest BCUT2D eigenvalue weighted by Crippen LogP contribution is -2.65. The lowest BCUT2D eigenvalue weighted by molar-refractivity contribution is -0.938. The van der Waals surface area contributed by atoms with Crippen LogP contribution in [0.1, 0.15) is 105 Å². The van der Waals surface area contributed by atoms with Crippen LogP contribution in [-0.2, 0) is 28.6 Å². The predicted octanol–water partition coefficient (Wildman–Crippen LogP) is 15.4. The number of thiophene rings is 2. The number of carbonyl (C=O) groups is 5. The van der Waals surface area contributed by atoms with Gasteiger partial charge < -0.3 is 29.3 Å². The molecule has 6 aromatic carbocycles. The number of rotatable bonds is 16. The Kier molecular flexibility index (Phi) is 44.3. The van der Waals surface area contributed by atoms with E-state index in [1.165, 1.54) is 11.6 Å². The number of piperidine rings is 6. The van der Waals surface area contributed by atoms with Crippen LogP contribution in [-0.4, -0.2) is 109 Å². The molecule has 2 aromatic heterocycles. The van der Waals surface area contributed by atoms with Crippen LogP contribution in [0.3, 0.4) is 0 Å². The summed E-state index contributed by atoms with van der Waals surface area (Å²) in [4.78, 5) is 63.4. The summed E-state index contributed by atoms with van der Waals surface area (Å²) < 4.78 is 19.9. The smallest absolute Gasteiger partial charge is 0.333 e. The van der Waals surface area contributed by atoms with E-state index in [0.717, 1.165) is 102 Å². The SMILES string of the molecule is C.C#CC#CC#CC#CC#CC#CC#CC#CC#CC.C#CC#CC#CC#CC#CC#CC#CC#CC#CC#CC.CCOC(C)=O.O=C(CCl)c1ccccc1.O=C(C[N+]12CCC(CC1)[C@@H](OC(=O)C(Nc1ccccc1)c1csc3ccccc13)C2)c1ccccc1.O=C(O[C@H]1CN2CCC1CC2)C(Nc1ccccc1)c1csc2ccccc12. The highest BCUT2D eigenvalue weighted by Crippen LogP contribution is 2.40. The number of hydrogen-bond donors (Lipinski definition) is 2. The lowest BCUT2D eigenvalue weighted by Gasteiger charge is -2.51. The summed E-state index contributed by atoms with van der Waals surface area (Å²) >= 11 is 8.65. The third kappa shape index (κ3) is 34.7. The number of esters is 3. The molecule has 0 radical (unpaired) electrons. The molecule has 6 aliphatic rings. The summed E-state index contributed by atoms with van der Waals surface area (Å²) in [6.07, 6.45) is 13.9. The first-order valence-corrected chi connectivity index (χ1v) is 40.3. The van der Waals surface area contributed by atoms with Gasteiger partial charge in [-0.05, 0) is 300 Å². The summed E-state index contributed by atoms with van der Waals surface area (Å²) in [6.45, 7) is 13.3. The maximum absolute atomic E-state index is 13.8. The Morgan fingerprint density at radius 2 is 0.779 bits per heavy atom. The molecule has 4 bridgehead atoms.